The van der Waals surface area contributed by atoms with Crippen LogP contribution in [0.3, 0.4) is 0 Å². The molecule has 2 amide bonds. The summed E-state index contributed by atoms with van der Waals surface area (Å²) in [6, 6.07) is 8.14. The van der Waals surface area contributed by atoms with Gasteiger partial charge in [0.15, 0.2) is 0 Å². The van der Waals surface area contributed by atoms with Crippen LogP contribution in [0.2, 0.25) is 0 Å². The number of amides is 2. The van der Waals surface area contributed by atoms with E-state index in [4.69, 9.17) is 0 Å². The number of nitrogens with zero attached hydrogens (tertiary/aromatic N) is 2. The molecule has 4 atom stereocenters. The van der Waals surface area contributed by atoms with E-state index in [9.17, 15) is 9.59 Å². The lowest BCUT2D eigenvalue weighted by Gasteiger charge is -2.39. The first kappa shape index (κ1) is 23.7. The summed E-state index contributed by atoms with van der Waals surface area (Å²) in [5.74, 6) is 1.39. The van der Waals surface area contributed by atoms with E-state index in [1.807, 2.05) is 25.1 Å². The molecule has 0 unspecified atom stereocenters. The minimum atomic E-state index is -0.128. The van der Waals surface area contributed by atoms with Crippen molar-refractivity contribution in [3.63, 3.8) is 0 Å². The van der Waals surface area contributed by atoms with Gasteiger partial charge in [0.05, 0.1) is 12.6 Å². The molecular weight excluding hydrogens is 388 g/mol. The Morgan fingerprint density at radius 2 is 1.81 bits per heavy atom. The van der Waals surface area contributed by atoms with E-state index in [2.05, 4.69) is 47.3 Å². The Balaban J connectivity index is 1.43. The molecule has 2 fully saturated rings. The van der Waals surface area contributed by atoms with Crippen LogP contribution in [0.4, 0.5) is 5.69 Å². The molecule has 6 nitrogen and oxygen atoms in total. The molecule has 1 saturated carbocycles. The Morgan fingerprint density at radius 1 is 1.10 bits per heavy atom. The number of rotatable bonds is 7. The average molecular weight is 429 g/mol. The van der Waals surface area contributed by atoms with Gasteiger partial charge >= 0.3 is 0 Å². The molecule has 1 aliphatic heterocycles. The first-order valence-corrected chi connectivity index (χ1v) is 12.0. The SMILES string of the molecule is CCc1ccccc1NC(=O)CN1CCN([C@H](C)C(=O)N[C@H]2CCC[C@H](C)[C@@H]2C)CC1. The molecular formula is C25H40N4O2. The van der Waals surface area contributed by atoms with Gasteiger partial charge in [-0.15, -0.1) is 0 Å². The lowest BCUT2D eigenvalue weighted by atomic mass is 9.78. The zero-order chi connectivity index (χ0) is 22.4. The van der Waals surface area contributed by atoms with Crippen LogP contribution in [0.15, 0.2) is 24.3 Å². The lowest BCUT2D eigenvalue weighted by molar-refractivity contribution is -0.128. The van der Waals surface area contributed by atoms with Crippen molar-refractivity contribution in [1.29, 1.82) is 0 Å². The summed E-state index contributed by atoms with van der Waals surface area (Å²) in [4.78, 5) is 29.8. The first-order chi connectivity index (χ1) is 14.9. The first-order valence-electron chi connectivity index (χ1n) is 12.0. The number of aryl methyl sites for hydroxylation is 1. The minimum absolute atomic E-state index is 0.0283. The number of hydrogen-bond acceptors (Lipinski definition) is 4. The predicted octanol–water partition coefficient (Wildman–Crippen LogP) is 3.13. The number of anilines is 1. The number of hydrogen-bond donors (Lipinski definition) is 2. The van der Waals surface area contributed by atoms with E-state index in [-0.39, 0.29) is 17.9 Å². The van der Waals surface area contributed by atoms with Gasteiger partial charge in [-0.2, -0.15) is 0 Å². The second-order valence-corrected chi connectivity index (χ2v) is 9.43. The predicted molar refractivity (Wildman–Crippen MR) is 126 cm³/mol. The molecule has 3 rings (SSSR count). The second kappa shape index (κ2) is 11.1. The van der Waals surface area contributed by atoms with E-state index in [0.29, 0.717) is 24.4 Å². The van der Waals surface area contributed by atoms with E-state index in [1.165, 1.54) is 12.8 Å². The van der Waals surface area contributed by atoms with Crippen LogP contribution in [0.25, 0.3) is 0 Å². The number of para-hydroxylation sites is 1. The molecule has 0 bridgehead atoms. The topological polar surface area (TPSA) is 64.7 Å². The average Bonchev–Trinajstić information content (AvgIpc) is 2.77. The maximum absolute atomic E-state index is 12.9. The summed E-state index contributed by atoms with van der Waals surface area (Å²) in [7, 11) is 0. The summed E-state index contributed by atoms with van der Waals surface area (Å²) in [5.41, 5.74) is 2.06. The third-order valence-corrected chi connectivity index (χ3v) is 7.41. The maximum atomic E-state index is 12.9. The van der Waals surface area contributed by atoms with Crippen molar-refractivity contribution < 1.29 is 9.59 Å². The number of carbonyl (C=O) groups is 2. The molecule has 2 N–H and O–H groups in total. The fraction of sp³-hybridized carbons (Fsp3) is 0.680. The molecule has 0 radical (unpaired) electrons. The Labute approximate surface area is 187 Å². The molecule has 2 aliphatic rings. The highest BCUT2D eigenvalue weighted by Gasteiger charge is 2.31. The molecule has 1 heterocycles. The third-order valence-electron chi connectivity index (χ3n) is 7.41. The number of benzene rings is 1. The van der Waals surface area contributed by atoms with Gasteiger partial charge in [0.2, 0.25) is 11.8 Å². The van der Waals surface area contributed by atoms with Gasteiger partial charge in [0, 0.05) is 37.9 Å². The van der Waals surface area contributed by atoms with Gasteiger partial charge in [-0.1, -0.05) is 51.8 Å². The Morgan fingerprint density at radius 3 is 2.52 bits per heavy atom. The van der Waals surface area contributed by atoms with E-state index >= 15 is 0 Å². The number of piperazine rings is 1. The summed E-state index contributed by atoms with van der Waals surface area (Å²) >= 11 is 0. The molecule has 1 aliphatic carbocycles. The Kier molecular flexibility index (Phi) is 8.50. The van der Waals surface area contributed by atoms with Crippen molar-refractivity contribution in [2.75, 3.05) is 38.0 Å². The van der Waals surface area contributed by atoms with Gasteiger partial charge in [0.1, 0.15) is 0 Å². The van der Waals surface area contributed by atoms with Crippen molar-refractivity contribution in [3.8, 4) is 0 Å². The highest BCUT2D eigenvalue weighted by atomic mass is 16.2. The van der Waals surface area contributed by atoms with E-state index in [1.54, 1.807) is 0 Å². The molecule has 0 spiro atoms. The van der Waals surface area contributed by atoms with E-state index in [0.717, 1.165) is 50.3 Å². The number of nitrogens with one attached hydrogen (secondary N) is 2. The fourth-order valence-corrected chi connectivity index (χ4v) is 4.91. The Hall–Kier alpha value is -1.92. The molecule has 6 heteroatoms. The molecule has 1 aromatic rings. The lowest BCUT2D eigenvalue weighted by Crippen LogP contribution is -2.56. The van der Waals surface area contributed by atoms with Crippen LogP contribution in [-0.2, 0) is 16.0 Å². The van der Waals surface area contributed by atoms with Crippen LogP contribution < -0.4 is 10.6 Å². The van der Waals surface area contributed by atoms with Crippen LogP contribution >= 0.6 is 0 Å². The van der Waals surface area contributed by atoms with Crippen molar-refractivity contribution >= 4 is 17.5 Å². The zero-order valence-corrected chi connectivity index (χ0v) is 19.7. The minimum Gasteiger partial charge on any atom is -0.352 e. The molecule has 31 heavy (non-hydrogen) atoms. The zero-order valence-electron chi connectivity index (χ0n) is 19.7. The van der Waals surface area contributed by atoms with Crippen molar-refractivity contribution in [2.24, 2.45) is 11.8 Å². The summed E-state index contributed by atoms with van der Waals surface area (Å²) < 4.78 is 0. The highest BCUT2D eigenvalue weighted by Crippen LogP contribution is 2.29. The number of carbonyl (C=O) groups excluding carboxylic acids is 2. The largest absolute Gasteiger partial charge is 0.352 e. The maximum Gasteiger partial charge on any atom is 0.238 e. The smallest absolute Gasteiger partial charge is 0.238 e. The van der Waals surface area contributed by atoms with Gasteiger partial charge in [-0.05, 0) is 43.2 Å². The summed E-state index contributed by atoms with van der Waals surface area (Å²) in [6.45, 7) is 12.3. The Bertz CT molecular complexity index is 745. The summed E-state index contributed by atoms with van der Waals surface area (Å²) in [6.07, 6.45) is 4.46. The van der Waals surface area contributed by atoms with Gasteiger partial charge in [-0.25, -0.2) is 0 Å². The van der Waals surface area contributed by atoms with Crippen LogP contribution in [0.1, 0.15) is 52.5 Å². The van der Waals surface area contributed by atoms with Crippen LogP contribution in [0, 0.1) is 11.8 Å². The van der Waals surface area contributed by atoms with Gasteiger partial charge in [-0.3, -0.25) is 19.4 Å². The molecule has 1 aromatic carbocycles. The highest BCUT2D eigenvalue weighted by molar-refractivity contribution is 5.93. The van der Waals surface area contributed by atoms with Crippen LogP contribution in [0.5, 0.6) is 0 Å². The van der Waals surface area contributed by atoms with Gasteiger partial charge < -0.3 is 10.6 Å². The van der Waals surface area contributed by atoms with Crippen molar-refractivity contribution in [2.45, 2.75) is 65.5 Å². The fourth-order valence-electron chi connectivity index (χ4n) is 4.91. The normalized spacial score (nSPS) is 26.3. The monoisotopic (exact) mass is 428 g/mol. The van der Waals surface area contributed by atoms with Crippen LogP contribution in [-0.4, -0.2) is 66.4 Å². The quantitative estimate of drug-likeness (QED) is 0.700. The van der Waals surface area contributed by atoms with Crippen molar-refractivity contribution in [1.82, 2.24) is 15.1 Å². The molecule has 1 saturated heterocycles. The van der Waals surface area contributed by atoms with Crippen molar-refractivity contribution in [3.05, 3.63) is 29.8 Å². The van der Waals surface area contributed by atoms with Gasteiger partial charge in [0.25, 0.3) is 0 Å². The molecule has 0 aromatic heterocycles. The second-order valence-electron chi connectivity index (χ2n) is 9.43. The van der Waals surface area contributed by atoms with E-state index < -0.39 is 0 Å². The third kappa shape index (κ3) is 6.30. The molecule has 172 valence electrons. The standard InChI is InChI=1S/C25H40N4O2/c1-5-21-10-6-7-11-23(21)26-24(30)17-28-13-15-29(16-14-28)20(4)25(31)27-22-12-8-9-18(2)19(22)3/h6-7,10-11,18-20,22H,5,8-9,12-17H2,1-4H3,(H,26,30)(H,27,31)/t18-,19-,20+,22-/m0/s1. The summed E-state index contributed by atoms with van der Waals surface area (Å²) in [5, 5.41) is 6.38.